The molecule has 0 spiro atoms. The van der Waals surface area contributed by atoms with Gasteiger partial charge in [-0.1, -0.05) is 12.1 Å². The molecular weight excluding hydrogens is 196 g/mol. The van der Waals surface area contributed by atoms with Gasteiger partial charge in [-0.15, -0.1) is 0 Å². The molecule has 2 rings (SSSR count). The van der Waals surface area contributed by atoms with Gasteiger partial charge in [0, 0.05) is 5.54 Å². The van der Waals surface area contributed by atoms with Crippen molar-refractivity contribution in [3.05, 3.63) is 35.4 Å². The van der Waals surface area contributed by atoms with Gasteiger partial charge in [-0.3, -0.25) is 0 Å². The van der Waals surface area contributed by atoms with E-state index in [0.717, 1.165) is 25.5 Å². The van der Waals surface area contributed by atoms with Crippen molar-refractivity contribution in [3.8, 4) is 0 Å². The average molecular weight is 211 g/mol. The van der Waals surface area contributed by atoms with Crippen LogP contribution in [0, 0.1) is 11.6 Å². The predicted octanol–water partition coefficient (Wildman–Crippen LogP) is 2.65. The molecule has 1 aromatic carbocycles. The van der Waals surface area contributed by atoms with Crippen LogP contribution in [0.25, 0.3) is 0 Å². The molecule has 1 nitrogen and oxygen atoms in total. The van der Waals surface area contributed by atoms with E-state index >= 15 is 0 Å². The number of hydrogen-bond acceptors (Lipinski definition) is 1. The Hall–Kier alpha value is -0.960. The lowest BCUT2D eigenvalue weighted by atomic mass is 9.91. The summed E-state index contributed by atoms with van der Waals surface area (Å²) >= 11 is 0. The second kappa shape index (κ2) is 3.89. The summed E-state index contributed by atoms with van der Waals surface area (Å²) in [6, 6.07) is 4.37. The normalized spacial score (nSPS) is 25.8. The molecule has 1 atom stereocenters. The van der Waals surface area contributed by atoms with Gasteiger partial charge in [0.15, 0.2) is 11.6 Å². The van der Waals surface area contributed by atoms with Crippen LogP contribution in [-0.4, -0.2) is 12.1 Å². The summed E-state index contributed by atoms with van der Waals surface area (Å²) < 4.78 is 26.4. The van der Waals surface area contributed by atoms with E-state index in [1.54, 1.807) is 12.1 Å². The lowest BCUT2D eigenvalue weighted by molar-refractivity contribution is 0.399. The van der Waals surface area contributed by atoms with E-state index in [1.807, 2.05) is 0 Å². The SMILES string of the molecule is CC1(Cc2cccc(F)c2F)CCCN1. The lowest BCUT2D eigenvalue weighted by Gasteiger charge is -2.24. The second-order valence-electron chi connectivity index (χ2n) is 4.48. The molecule has 0 radical (unpaired) electrons. The summed E-state index contributed by atoms with van der Waals surface area (Å²) in [5.41, 5.74) is 0.390. The van der Waals surface area contributed by atoms with Crippen LogP contribution in [0.15, 0.2) is 18.2 Å². The Morgan fingerprint density at radius 2 is 2.20 bits per heavy atom. The second-order valence-corrected chi connectivity index (χ2v) is 4.48. The van der Waals surface area contributed by atoms with Gasteiger partial charge in [0.05, 0.1) is 0 Å². The van der Waals surface area contributed by atoms with Crippen molar-refractivity contribution in [3.63, 3.8) is 0 Å². The van der Waals surface area contributed by atoms with Crippen molar-refractivity contribution in [2.24, 2.45) is 0 Å². The topological polar surface area (TPSA) is 12.0 Å². The highest BCUT2D eigenvalue weighted by Crippen LogP contribution is 2.25. The number of halogens is 2. The zero-order chi connectivity index (χ0) is 10.9. The zero-order valence-electron chi connectivity index (χ0n) is 8.82. The summed E-state index contributed by atoms with van der Waals surface area (Å²) in [6.07, 6.45) is 2.67. The minimum absolute atomic E-state index is 0.0748. The molecule has 0 aliphatic carbocycles. The van der Waals surface area contributed by atoms with Crippen molar-refractivity contribution in [2.45, 2.75) is 31.7 Å². The third-order valence-electron chi connectivity index (χ3n) is 3.07. The molecular formula is C12H15F2N. The predicted molar refractivity (Wildman–Crippen MR) is 55.7 cm³/mol. The molecule has 0 amide bonds. The highest BCUT2D eigenvalue weighted by Gasteiger charge is 2.29. The van der Waals surface area contributed by atoms with Crippen molar-refractivity contribution < 1.29 is 8.78 Å². The molecule has 1 saturated heterocycles. The lowest BCUT2D eigenvalue weighted by Crippen LogP contribution is -2.38. The van der Waals surface area contributed by atoms with Crippen LogP contribution in [-0.2, 0) is 6.42 Å². The van der Waals surface area contributed by atoms with E-state index in [0.29, 0.717) is 12.0 Å². The van der Waals surface area contributed by atoms with Crippen molar-refractivity contribution >= 4 is 0 Å². The molecule has 1 aliphatic heterocycles. The quantitative estimate of drug-likeness (QED) is 0.793. The molecule has 0 saturated carbocycles. The first-order valence-corrected chi connectivity index (χ1v) is 5.29. The van der Waals surface area contributed by atoms with E-state index < -0.39 is 11.6 Å². The summed E-state index contributed by atoms with van der Waals surface area (Å²) in [4.78, 5) is 0. The smallest absolute Gasteiger partial charge is 0.162 e. The molecule has 1 fully saturated rings. The molecule has 1 aromatic rings. The zero-order valence-corrected chi connectivity index (χ0v) is 8.82. The number of nitrogens with one attached hydrogen (secondary N) is 1. The first kappa shape index (κ1) is 10.6. The van der Waals surface area contributed by atoms with E-state index in [-0.39, 0.29) is 5.54 Å². The Balaban J connectivity index is 2.20. The molecule has 0 aromatic heterocycles. The van der Waals surface area contributed by atoms with Crippen LogP contribution in [0.5, 0.6) is 0 Å². The van der Waals surface area contributed by atoms with Crippen molar-refractivity contribution in [1.29, 1.82) is 0 Å². The Kier molecular flexibility index (Phi) is 2.74. The minimum atomic E-state index is -0.755. The van der Waals surface area contributed by atoms with E-state index in [1.165, 1.54) is 0 Å². The maximum absolute atomic E-state index is 13.4. The Morgan fingerprint density at radius 1 is 1.40 bits per heavy atom. The molecule has 1 unspecified atom stereocenters. The maximum Gasteiger partial charge on any atom is 0.162 e. The largest absolute Gasteiger partial charge is 0.311 e. The number of hydrogen-bond donors (Lipinski definition) is 1. The molecule has 1 aliphatic rings. The average Bonchev–Trinajstić information content (AvgIpc) is 2.60. The van der Waals surface area contributed by atoms with E-state index in [9.17, 15) is 8.78 Å². The fourth-order valence-electron chi connectivity index (χ4n) is 2.21. The molecule has 15 heavy (non-hydrogen) atoms. The van der Waals surface area contributed by atoms with Crippen LogP contribution in [0.2, 0.25) is 0 Å². The highest BCUT2D eigenvalue weighted by atomic mass is 19.2. The third-order valence-corrected chi connectivity index (χ3v) is 3.07. The number of rotatable bonds is 2. The summed E-state index contributed by atoms with van der Waals surface area (Å²) in [5.74, 6) is -1.46. The first-order chi connectivity index (χ1) is 7.11. The molecule has 1 N–H and O–H groups in total. The van der Waals surface area contributed by atoms with Gasteiger partial charge in [-0.05, 0) is 44.4 Å². The standard InChI is InChI=1S/C12H15F2N/c1-12(6-3-7-15-12)8-9-4-2-5-10(13)11(9)14/h2,4-5,15H,3,6-8H2,1H3. The van der Waals surface area contributed by atoms with Gasteiger partial charge in [0.2, 0.25) is 0 Å². The molecule has 3 heteroatoms. The fraction of sp³-hybridized carbons (Fsp3) is 0.500. The van der Waals surface area contributed by atoms with E-state index in [2.05, 4.69) is 12.2 Å². The number of benzene rings is 1. The maximum atomic E-state index is 13.4. The first-order valence-electron chi connectivity index (χ1n) is 5.29. The van der Waals surface area contributed by atoms with E-state index in [4.69, 9.17) is 0 Å². The van der Waals surface area contributed by atoms with Crippen LogP contribution in [0.1, 0.15) is 25.3 Å². The van der Waals surface area contributed by atoms with Gasteiger partial charge in [0.1, 0.15) is 0 Å². The highest BCUT2D eigenvalue weighted by molar-refractivity contribution is 5.21. The van der Waals surface area contributed by atoms with Gasteiger partial charge >= 0.3 is 0 Å². The Morgan fingerprint density at radius 3 is 2.87 bits per heavy atom. The summed E-state index contributed by atoms with van der Waals surface area (Å²) in [5, 5.41) is 3.34. The van der Waals surface area contributed by atoms with Crippen LogP contribution in [0.3, 0.4) is 0 Å². The fourth-order valence-corrected chi connectivity index (χ4v) is 2.21. The van der Waals surface area contributed by atoms with Crippen molar-refractivity contribution in [2.75, 3.05) is 6.54 Å². The Labute approximate surface area is 88.5 Å². The van der Waals surface area contributed by atoms with Crippen LogP contribution in [0.4, 0.5) is 8.78 Å². The van der Waals surface area contributed by atoms with Crippen LogP contribution < -0.4 is 5.32 Å². The monoisotopic (exact) mass is 211 g/mol. The summed E-state index contributed by atoms with van der Waals surface area (Å²) in [6.45, 7) is 3.03. The van der Waals surface area contributed by atoms with Gasteiger partial charge < -0.3 is 5.32 Å². The van der Waals surface area contributed by atoms with Gasteiger partial charge in [0.25, 0.3) is 0 Å². The minimum Gasteiger partial charge on any atom is -0.311 e. The van der Waals surface area contributed by atoms with Crippen molar-refractivity contribution in [1.82, 2.24) is 5.32 Å². The molecule has 82 valence electrons. The summed E-state index contributed by atoms with van der Waals surface area (Å²) in [7, 11) is 0. The Bertz CT molecular complexity index is 357. The van der Waals surface area contributed by atoms with Crippen LogP contribution >= 0.6 is 0 Å². The molecule has 1 heterocycles. The third kappa shape index (κ3) is 2.17. The van der Waals surface area contributed by atoms with Gasteiger partial charge in [-0.2, -0.15) is 0 Å². The molecule has 0 bridgehead atoms. The van der Waals surface area contributed by atoms with Gasteiger partial charge in [-0.25, -0.2) is 8.78 Å².